The quantitative estimate of drug-likeness (QED) is 0.209. The van der Waals surface area contributed by atoms with E-state index in [1.807, 2.05) is 6.92 Å². The van der Waals surface area contributed by atoms with Gasteiger partial charge in [0.2, 0.25) is 5.91 Å². The lowest BCUT2D eigenvalue weighted by molar-refractivity contribution is -0.114. The summed E-state index contributed by atoms with van der Waals surface area (Å²) in [6, 6.07) is 10.6. The maximum Gasteiger partial charge on any atom is 0.246 e. The van der Waals surface area contributed by atoms with Gasteiger partial charge in [0.1, 0.15) is 12.3 Å². The number of thiophene rings is 1. The van der Waals surface area contributed by atoms with Crippen molar-refractivity contribution >= 4 is 52.9 Å². The number of hydrogen-bond donors (Lipinski definition) is 4. The number of guanidine groups is 1. The number of phenolic OH excluding ortho intramolecular Hbond substituents is 1. The molecule has 0 aliphatic heterocycles. The summed E-state index contributed by atoms with van der Waals surface area (Å²) in [6.45, 7) is 5.53. The Morgan fingerprint density at radius 1 is 1.08 bits per heavy atom. The van der Waals surface area contributed by atoms with Crippen molar-refractivity contribution in [3.05, 3.63) is 46.2 Å². The van der Waals surface area contributed by atoms with E-state index >= 15 is 0 Å². The molecule has 0 fully saturated rings. The van der Waals surface area contributed by atoms with Gasteiger partial charge in [-0.2, -0.15) is 0 Å². The number of amides is 1. The van der Waals surface area contributed by atoms with E-state index in [9.17, 15) is 9.90 Å². The van der Waals surface area contributed by atoms with Crippen molar-refractivity contribution in [2.75, 3.05) is 18.4 Å². The average molecular weight is 488 g/mol. The number of aliphatic imine (C=N–C) groups is 1. The fourth-order valence-corrected chi connectivity index (χ4v) is 3.01. The number of anilines is 1. The third-order valence-electron chi connectivity index (χ3n) is 3.37. The molecule has 0 spiro atoms. The van der Waals surface area contributed by atoms with E-state index in [1.54, 1.807) is 23.5 Å². The van der Waals surface area contributed by atoms with Gasteiger partial charge in [-0.1, -0.05) is 6.92 Å². The minimum Gasteiger partial charge on any atom is -0.508 e. The molecule has 0 aliphatic rings. The molecule has 0 unspecified atom stereocenters. The first kappa shape index (κ1) is 22.2. The van der Waals surface area contributed by atoms with Gasteiger partial charge < -0.3 is 21.1 Å². The number of aromatic hydroxyl groups is 1. The molecule has 4 N–H and O–H groups in total. The molecule has 2 aromatic rings. The largest absolute Gasteiger partial charge is 0.508 e. The maximum atomic E-state index is 12.0. The molecule has 1 heterocycles. The minimum atomic E-state index is -0.215. The van der Waals surface area contributed by atoms with E-state index in [2.05, 4.69) is 40.0 Å². The lowest BCUT2D eigenvalue weighted by Gasteiger charge is -2.10. The van der Waals surface area contributed by atoms with Gasteiger partial charge in [0.25, 0.3) is 0 Å². The number of hydrogen-bond acceptors (Lipinski definition) is 4. The summed E-state index contributed by atoms with van der Waals surface area (Å²) >= 11 is 1.78. The second kappa shape index (κ2) is 11.7. The maximum absolute atomic E-state index is 12.0. The molecule has 0 radical (unpaired) electrons. The van der Waals surface area contributed by atoms with Crippen molar-refractivity contribution in [3.63, 3.8) is 0 Å². The number of rotatable bonds is 7. The van der Waals surface area contributed by atoms with Gasteiger partial charge in [-0.3, -0.25) is 4.79 Å². The number of carbonyl (C=O) groups is 1. The Balaban J connectivity index is 0.00000338. The molecule has 0 bridgehead atoms. The highest BCUT2D eigenvalue weighted by molar-refractivity contribution is 14.0. The Morgan fingerprint density at radius 3 is 2.38 bits per heavy atom. The van der Waals surface area contributed by atoms with Crippen LogP contribution in [-0.4, -0.2) is 30.1 Å². The molecule has 1 aromatic heterocycles. The highest BCUT2D eigenvalue weighted by Crippen LogP contribution is 2.16. The zero-order valence-electron chi connectivity index (χ0n) is 14.9. The fraction of sp³-hybridized carbons (Fsp3) is 0.333. The standard InChI is InChI=1S/C18H24N4O2S.HI/c1-3-15-9-10-16(25-15)11-20-18(19-4-2)21-12-17(24)22-13-5-7-14(23)8-6-13;/h5-10,23H,3-4,11-12H2,1-2H3,(H,22,24)(H2,19,20,21);1H. The van der Waals surface area contributed by atoms with E-state index in [0.717, 1.165) is 13.0 Å². The van der Waals surface area contributed by atoms with E-state index < -0.39 is 0 Å². The Morgan fingerprint density at radius 2 is 1.77 bits per heavy atom. The predicted molar refractivity (Wildman–Crippen MR) is 119 cm³/mol. The second-order valence-electron chi connectivity index (χ2n) is 5.37. The first-order valence-corrected chi connectivity index (χ1v) is 9.11. The summed E-state index contributed by atoms with van der Waals surface area (Å²) in [5.74, 6) is 0.552. The fourth-order valence-electron chi connectivity index (χ4n) is 2.12. The molecule has 26 heavy (non-hydrogen) atoms. The third-order valence-corrected chi connectivity index (χ3v) is 4.60. The minimum absolute atomic E-state index is 0. The van der Waals surface area contributed by atoms with Crippen molar-refractivity contribution in [1.82, 2.24) is 10.6 Å². The Bertz CT molecular complexity index is 716. The topological polar surface area (TPSA) is 85.8 Å². The van der Waals surface area contributed by atoms with Gasteiger partial charge in [-0.15, -0.1) is 35.3 Å². The van der Waals surface area contributed by atoms with Crippen LogP contribution in [0.5, 0.6) is 5.75 Å². The van der Waals surface area contributed by atoms with E-state index in [4.69, 9.17) is 0 Å². The van der Waals surface area contributed by atoms with E-state index in [0.29, 0.717) is 18.2 Å². The average Bonchev–Trinajstić information content (AvgIpc) is 3.07. The number of nitrogens with zero attached hydrogens (tertiary/aromatic N) is 1. The number of benzene rings is 1. The van der Waals surface area contributed by atoms with Crippen LogP contribution in [0.4, 0.5) is 5.69 Å². The first-order chi connectivity index (χ1) is 12.1. The molecular weight excluding hydrogens is 463 g/mol. The number of phenols is 1. The molecule has 1 aromatic carbocycles. The lowest BCUT2D eigenvalue weighted by Crippen LogP contribution is -2.37. The van der Waals surface area contributed by atoms with Crippen LogP contribution < -0.4 is 16.0 Å². The van der Waals surface area contributed by atoms with Crippen LogP contribution in [-0.2, 0) is 17.8 Å². The molecule has 2 rings (SSSR count). The molecule has 0 saturated heterocycles. The monoisotopic (exact) mass is 488 g/mol. The number of carbonyl (C=O) groups excluding carboxylic acids is 1. The van der Waals surface area contributed by atoms with Crippen molar-refractivity contribution in [2.24, 2.45) is 4.99 Å². The van der Waals surface area contributed by atoms with Crippen molar-refractivity contribution in [3.8, 4) is 5.75 Å². The summed E-state index contributed by atoms with van der Waals surface area (Å²) in [4.78, 5) is 18.9. The van der Waals surface area contributed by atoms with Gasteiger partial charge in [-0.25, -0.2) is 4.99 Å². The highest BCUT2D eigenvalue weighted by atomic mass is 127. The molecule has 1 amide bonds. The van der Waals surface area contributed by atoms with E-state index in [1.165, 1.54) is 21.9 Å². The Kier molecular flexibility index (Phi) is 10.0. The summed E-state index contributed by atoms with van der Waals surface area (Å²) in [7, 11) is 0. The molecule has 6 nitrogen and oxygen atoms in total. The van der Waals surface area contributed by atoms with Gasteiger partial charge in [-0.05, 0) is 49.7 Å². The molecule has 0 saturated carbocycles. The van der Waals surface area contributed by atoms with Crippen LogP contribution in [0.15, 0.2) is 41.4 Å². The second-order valence-corrected chi connectivity index (χ2v) is 6.62. The molecular formula is C18H25IN4O2S. The van der Waals surface area contributed by atoms with Gasteiger partial charge in [0.15, 0.2) is 5.96 Å². The molecule has 8 heteroatoms. The Labute approximate surface area is 175 Å². The zero-order valence-corrected chi connectivity index (χ0v) is 18.1. The summed E-state index contributed by atoms with van der Waals surface area (Å²) in [5, 5.41) is 18.4. The van der Waals surface area contributed by atoms with Crippen LogP contribution in [0.3, 0.4) is 0 Å². The Hall–Kier alpha value is -1.81. The smallest absolute Gasteiger partial charge is 0.246 e. The number of nitrogens with one attached hydrogen (secondary N) is 3. The highest BCUT2D eigenvalue weighted by Gasteiger charge is 2.04. The number of aryl methyl sites for hydroxylation is 1. The molecule has 142 valence electrons. The summed E-state index contributed by atoms with van der Waals surface area (Å²) in [6.07, 6.45) is 1.04. The summed E-state index contributed by atoms with van der Waals surface area (Å²) < 4.78 is 0. The van der Waals surface area contributed by atoms with Crippen LogP contribution in [0, 0.1) is 0 Å². The predicted octanol–water partition coefficient (Wildman–Crippen LogP) is 3.33. The van der Waals surface area contributed by atoms with Crippen molar-refractivity contribution < 1.29 is 9.90 Å². The van der Waals surface area contributed by atoms with Crippen LogP contribution in [0.2, 0.25) is 0 Å². The third kappa shape index (κ3) is 7.61. The lowest BCUT2D eigenvalue weighted by atomic mass is 10.3. The number of halogens is 1. The van der Waals surface area contributed by atoms with Crippen molar-refractivity contribution in [2.45, 2.75) is 26.8 Å². The van der Waals surface area contributed by atoms with Crippen LogP contribution in [0.25, 0.3) is 0 Å². The van der Waals surface area contributed by atoms with Gasteiger partial charge in [0, 0.05) is 22.0 Å². The van der Waals surface area contributed by atoms with Crippen molar-refractivity contribution in [1.29, 1.82) is 0 Å². The van der Waals surface area contributed by atoms with E-state index in [-0.39, 0.29) is 42.2 Å². The zero-order chi connectivity index (χ0) is 18.1. The van der Waals surface area contributed by atoms with Gasteiger partial charge >= 0.3 is 0 Å². The normalized spacial score (nSPS) is 10.8. The molecule has 0 atom stereocenters. The first-order valence-electron chi connectivity index (χ1n) is 8.29. The van der Waals surface area contributed by atoms with Gasteiger partial charge in [0.05, 0.1) is 6.54 Å². The summed E-state index contributed by atoms with van der Waals surface area (Å²) in [5.41, 5.74) is 0.627. The van der Waals surface area contributed by atoms with Crippen LogP contribution in [0.1, 0.15) is 23.6 Å². The SMILES string of the molecule is CCNC(=NCC(=O)Nc1ccc(O)cc1)NCc1ccc(CC)s1.I. The molecule has 0 aliphatic carbocycles. The van der Waals surface area contributed by atoms with Crippen LogP contribution >= 0.6 is 35.3 Å².